The largest absolute Gasteiger partial charge is 0.508 e. The average molecular weight is 944 g/mol. The number of hydrazine groups is 1. The zero-order chi connectivity index (χ0) is 49.3. The Hall–Kier alpha value is -6.26. The van der Waals surface area contributed by atoms with E-state index in [0.717, 1.165) is 70.8 Å². The third kappa shape index (κ3) is 10.5. The van der Waals surface area contributed by atoms with E-state index in [9.17, 15) is 29.1 Å². The highest BCUT2D eigenvalue weighted by molar-refractivity contribution is 5.96. The molecule has 6 heterocycles. The predicted octanol–water partition coefficient (Wildman–Crippen LogP) is 5.01. The second-order valence-electron chi connectivity index (χ2n) is 20.5. The van der Waals surface area contributed by atoms with Crippen LogP contribution >= 0.6 is 0 Å². The standard InChI is InChI=1S/C53H69N9O7/c1-9-46(64)60-19-17-37(31-60)50(66)58(8)47(33(3)4)49(65)55-43-26-34-24-38(27-39(63)25-34)35-13-15-44-40(28-35)41(29-53(5,6)32-69-52(68)42-12-11-18-62(56-42)51(43)67)48(61(44)10-2)36-14-16-45(54-30-36)59-22-20-57(7)21-23-59/h9,13-16,24-25,27-28,30,33,37,42-43,47,56,63H,1,10-12,17-23,26,29,31-32H2,2-8H3,(H,55,65)/t37-,42-,43-,47?/m0/s1. The fraction of sp³-hybridized carbons (Fsp3) is 0.509. The molecule has 4 atom stereocenters. The van der Waals surface area contributed by atoms with Crippen molar-refractivity contribution in [3.05, 3.63) is 78.5 Å². The number of rotatable bonds is 9. The van der Waals surface area contributed by atoms with Crippen molar-refractivity contribution in [3.8, 4) is 28.1 Å². The molecular formula is C53H69N9O7. The molecule has 368 valence electrons. The van der Waals surface area contributed by atoms with Gasteiger partial charge < -0.3 is 39.3 Å². The molecule has 16 heteroatoms. The number of hydrogen-bond acceptors (Lipinski definition) is 11. The van der Waals surface area contributed by atoms with Gasteiger partial charge in [-0.1, -0.05) is 46.4 Å². The molecule has 3 fully saturated rings. The smallest absolute Gasteiger partial charge is 0.324 e. The highest BCUT2D eigenvalue weighted by Crippen LogP contribution is 2.41. The second kappa shape index (κ2) is 20.4. The van der Waals surface area contributed by atoms with Crippen molar-refractivity contribution in [1.29, 1.82) is 0 Å². The molecule has 0 aliphatic carbocycles. The first-order valence-corrected chi connectivity index (χ1v) is 24.6. The lowest BCUT2D eigenvalue weighted by Gasteiger charge is -2.37. The maximum atomic E-state index is 14.7. The molecule has 4 amide bonds. The first-order valence-electron chi connectivity index (χ1n) is 24.6. The van der Waals surface area contributed by atoms with Crippen molar-refractivity contribution < 1.29 is 33.8 Å². The third-order valence-corrected chi connectivity index (χ3v) is 14.4. The van der Waals surface area contributed by atoms with Crippen molar-refractivity contribution in [1.82, 2.24) is 40.0 Å². The van der Waals surface area contributed by atoms with E-state index in [0.29, 0.717) is 44.3 Å². The molecule has 4 aliphatic heterocycles. The molecule has 4 aliphatic rings. The van der Waals surface area contributed by atoms with E-state index in [1.165, 1.54) is 16.0 Å². The fourth-order valence-corrected chi connectivity index (χ4v) is 10.7. The Morgan fingerprint density at radius 3 is 2.45 bits per heavy atom. The highest BCUT2D eigenvalue weighted by atomic mass is 16.5. The molecule has 4 aromatic rings. The summed E-state index contributed by atoms with van der Waals surface area (Å²) in [6.07, 6.45) is 5.19. The number of carbonyl (C=O) groups is 5. The summed E-state index contributed by atoms with van der Waals surface area (Å²) in [6.45, 7) is 19.1. The number of aryl methyl sites for hydroxylation is 1. The van der Waals surface area contributed by atoms with Crippen molar-refractivity contribution in [2.24, 2.45) is 17.3 Å². The summed E-state index contributed by atoms with van der Waals surface area (Å²) in [6, 6.07) is 12.9. The lowest BCUT2D eigenvalue weighted by atomic mass is 9.84. The number of anilines is 1. The first-order chi connectivity index (χ1) is 32.9. The molecule has 6 bridgehead atoms. The van der Waals surface area contributed by atoms with Crippen LogP contribution < -0.4 is 15.6 Å². The van der Waals surface area contributed by atoms with Crippen LogP contribution in [-0.2, 0) is 48.1 Å². The van der Waals surface area contributed by atoms with Gasteiger partial charge in [-0.3, -0.25) is 29.0 Å². The Kier molecular flexibility index (Phi) is 14.5. The molecule has 0 saturated carbocycles. The number of nitrogens with one attached hydrogen (secondary N) is 2. The van der Waals surface area contributed by atoms with E-state index < -0.39 is 47.2 Å². The maximum Gasteiger partial charge on any atom is 0.324 e. The monoisotopic (exact) mass is 944 g/mol. The van der Waals surface area contributed by atoms with Crippen molar-refractivity contribution in [3.63, 3.8) is 0 Å². The number of pyridine rings is 1. The Morgan fingerprint density at radius 1 is 1.00 bits per heavy atom. The Balaban J connectivity index is 1.17. The summed E-state index contributed by atoms with van der Waals surface area (Å²) in [7, 11) is 3.73. The number of phenols is 1. The summed E-state index contributed by atoms with van der Waals surface area (Å²) in [4.78, 5) is 82.2. The first kappa shape index (κ1) is 49.2. The molecule has 69 heavy (non-hydrogen) atoms. The van der Waals surface area contributed by atoms with E-state index in [4.69, 9.17) is 9.72 Å². The van der Waals surface area contributed by atoms with E-state index in [2.05, 4.69) is 83.8 Å². The van der Waals surface area contributed by atoms with Gasteiger partial charge in [0.1, 0.15) is 29.7 Å². The normalized spacial score (nSPS) is 21.7. The van der Waals surface area contributed by atoms with E-state index in [1.807, 2.05) is 32.2 Å². The Bertz CT molecular complexity index is 2600. The van der Waals surface area contributed by atoms with Crippen LogP contribution in [0.2, 0.25) is 0 Å². The number of likely N-dealkylation sites (N-methyl/N-ethyl adjacent to an activating group) is 2. The molecule has 1 unspecified atom stereocenters. The second-order valence-corrected chi connectivity index (χ2v) is 20.5. The average Bonchev–Trinajstić information content (AvgIpc) is 3.95. The number of phenolic OH excluding ortho intramolecular Hbond substituents is 1. The number of nitrogens with zero attached hydrogens (tertiary/aromatic N) is 7. The number of benzene rings is 2. The van der Waals surface area contributed by atoms with Gasteiger partial charge in [0, 0.05) is 93.9 Å². The summed E-state index contributed by atoms with van der Waals surface area (Å²) < 4.78 is 8.45. The van der Waals surface area contributed by atoms with Crippen LogP contribution in [0.1, 0.15) is 65.0 Å². The Morgan fingerprint density at radius 2 is 1.75 bits per heavy atom. The minimum Gasteiger partial charge on any atom is -0.508 e. The van der Waals surface area contributed by atoms with Crippen LogP contribution in [0.5, 0.6) is 5.75 Å². The number of aromatic hydroxyl groups is 1. The molecule has 2 aromatic carbocycles. The van der Waals surface area contributed by atoms with Crippen LogP contribution in [0.15, 0.2) is 67.4 Å². The lowest BCUT2D eigenvalue weighted by molar-refractivity contribution is -0.155. The zero-order valence-corrected chi connectivity index (χ0v) is 41.3. The number of hydrogen-bond donors (Lipinski definition) is 3. The van der Waals surface area contributed by atoms with Gasteiger partial charge >= 0.3 is 5.97 Å². The molecule has 16 nitrogen and oxygen atoms in total. The minimum atomic E-state index is -1.16. The number of carbonyl (C=O) groups excluding carboxylic acids is 5. The van der Waals surface area contributed by atoms with Gasteiger partial charge in [-0.25, -0.2) is 10.4 Å². The molecule has 2 aromatic heterocycles. The van der Waals surface area contributed by atoms with E-state index >= 15 is 0 Å². The van der Waals surface area contributed by atoms with Gasteiger partial charge in [0.25, 0.3) is 5.91 Å². The van der Waals surface area contributed by atoms with Gasteiger partial charge in [-0.05, 0) is 110 Å². The quantitative estimate of drug-likeness (QED) is 0.152. The maximum absolute atomic E-state index is 14.7. The number of amides is 4. The highest BCUT2D eigenvalue weighted by Gasteiger charge is 2.40. The van der Waals surface area contributed by atoms with Crippen LogP contribution in [0, 0.1) is 17.3 Å². The summed E-state index contributed by atoms with van der Waals surface area (Å²) >= 11 is 0. The van der Waals surface area contributed by atoms with Crippen LogP contribution in [0.25, 0.3) is 33.3 Å². The number of likely N-dealkylation sites (tertiary alicyclic amines) is 1. The number of esters is 1. The Labute approximate surface area is 405 Å². The van der Waals surface area contributed by atoms with Crippen molar-refractivity contribution in [2.75, 3.05) is 71.4 Å². The summed E-state index contributed by atoms with van der Waals surface area (Å²) in [5.74, 6) is -1.86. The van der Waals surface area contributed by atoms with Crippen LogP contribution in [-0.4, -0.2) is 149 Å². The molecule has 3 N–H and O–H groups in total. The van der Waals surface area contributed by atoms with Gasteiger partial charge in [-0.15, -0.1) is 0 Å². The van der Waals surface area contributed by atoms with Gasteiger partial charge in [0.05, 0.1) is 18.2 Å². The summed E-state index contributed by atoms with van der Waals surface area (Å²) in [5.41, 5.74) is 8.96. The number of cyclic esters (lactones) is 1. The number of ether oxygens (including phenoxy) is 1. The van der Waals surface area contributed by atoms with Gasteiger partial charge in [0.2, 0.25) is 17.7 Å². The van der Waals surface area contributed by atoms with E-state index in [-0.39, 0.29) is 49.6 Å². The molecule has 0 spiro atoms. The number of aromatic nitrogens is 2. The van der Waals surface area contributed by atoms with Crippen molar-refractivity contribution in [2.45, 2.75) is 91.4 Å². The molecular weight excluding hydrogens is 875 g/mol. The van der Waals surface area contributed by atoms with Gasteiger partial charge in [-0.2, -0.15) is 0 Å². The number of piperazine rings is 1. The van der Waals surface area contributed by atoms with Crippen LogP contribution in [0.3, 0.4) is 0 Å². The summed E-state index contributed by atoms with van der Waals surface area (Å²) in [5, 5.41) is 16.8. The predicted molar refractivity (Wildman–Crippen MR) is 266 cm³/mol. The zero-order valence-electron chi connectivity index (χ0n) is 41.3. The molecule has 3 saturated heterocycles. The molecule has 0 radical (unpaired) electrons. The fourth-order valence-electron chi connectivity index (χ4n) is 10.7. The topological polar surface area (TPSA) is 173 Å². The number of fused-ring (bicyclic) bond motifs is 6. The lowest BCUT2D eigenvalue weighted by Crippen LogP contribution is -2.62. The van der Waals surface area contributed by atoms with E-state index in [1.54, 1.807) is 24.1 Å². The minimum absolute atomic E-state index is 0.000877. The van der Waals surface area contributed by atoms with Crippen molar-refractivity contribution >= 4 is 46.3 Å². The third-order valence-electron chi connectivity index (χ3n) is 14.4. The van der Waals surface area contributed by atoms with Gasteiger partial charge in [0.15, 0.2) is 0 Å². The SMILES string of the molecule is C=CC(=O)N1CC[C@H](C(=O)N(C)C(C(=O)N[C@H]2Cc3cc(O)cc(c3)-c3ccc4c(c3)c(c(-c3ccc(N5CCN(C)CC5)nc3)n4CC)CC(C)(C)COC(=O)[C@@H]3CCCN(N3)C2=O)C(C)C)C1. The molecule has 8 rings (SSSR count). The van der Waals surface area contributed by atoms with Crippen LogP contribution in [0.4, 0.5) is 5.82 Å².